The third kappa shape index (κ3) is 4.48. The molecule has 0 fully saturated rings. The van der Waals surface area contributed by atoms with Crippen LogP contribution < -0.4 is 5.32 Å². The smallest absolute Gasteiger partial charge is 0.326 e. The Hall–Kier alpha value is -3.53. The van der Waals surface area contributed by atoms with Crippen molar-refractivity contribution in [3.8, 4) is 11.6 Å². The van der Waals surface area contributed by atoms with Gasteiger partial charge in [0.25, 0.3) is 0 Å². The Morgan fingerprint density at radius 3 is 2.84 bits per heavy atom. The Morgan fingerprint density at radius 2 is 2.10 bits per heavy atom. The molecule has 3 aromatic heterocycles. The van der Waals surface area contributed by atoms with Gasteiger partial charge >= 0.3 is 5.97 Å². The monoisotopic (exact) mass is 439 g/mol. The molecule has 3 N–H and O–H groups in total. The van der Waals surface area contributed by atoms with E-state index in [1.807, 2.05) is 35.8 Å². The Balaban J connectivity index is 1.41. The van der Waals surface area contributed by atoms with Crippen molar-refractivity contribution in [2.45, 2.75) is 31.1 Å². The predicted molar refractivity (Wildman–Crippen MR) is 116 cm³/mol. The number of furan rings is 1. The maximum atomic E-state index is 12.5. The zero-order chi connectivity index (χ0) is 21.8. The molecule has 4 aromatic rings. The van der Waals surface area contributed by atoms with E-state index in [0.29, 0.717) is 23.3 Å². The van der Waals surface area contributed by atoms with Crippen molar-refractivity contribution in [3.63, 3.8) is 0 Å². The molecule has 1 aromatic carbocycles. The topological polar surface area (TPSA) is 126 Å². The van der Waals surface area contributed by atoms with Crippen LogP contribution in [-0.4, -0.2) is 48.5 Å². The van der Waals surface area contributed by atoms with Gasteiger partial charge in [-0.2, -0.15) is 0 Å². The lowest BCUT2D eigenvalue weighted by Gasteiger charge is -2.14. The highest BCUT2D eigenvalue weighted by atomic mass is 32.2. The van der Waals surface area contributed by atoms with Gasteiger partial charge < -0.3 is 19.8 Å². The van der Waals surface area contributed by atoms with Crippen LogP contribution in [0.3, 0.4) is 0 Å². The molecule has 0 aliphatic heterocycles. The highest BCUT2D eigenvalue weighted by Gasteiger charge is 2.23. The van der Waals surface area contributed by atoms with Gasteiger partial charge in [-0.05, 0) is 30.7 Å². The van der Waals surface area contributed by atoms with E-state index in [2.05, 4.69) is 20.5 Å². The van der Waals surface area contributed by atoms with E-state index in [1.54, 1.807) is 24.6 Å². The number of carboxylic acids is 1. The number of hydrogen-bond acceptors (Lipinski definition) is 6. The fraction of sp³-hybridized carbons (Fsp3) is 0.238. The lowest BCUT2D eigenvalue weighted by atomic mass is 10.1. The summed E-state index contributed by atoms with van der Waals surface area (Å²) in [5, 5.41) is 22.0. The Bertz CT molecular complexity index is 1200. The summed E-state index contributed by atoms with van der Waals surface area (Å²) in [4.78, 5) is 27.3. The first kappa shape index (κ1) is 20.7. The number of aromatic amines is 1. The molecule has 0 aliphatic carbocycles. The molecule has 0 radical (unpaired) electrons. The molecule has 0 spiro atoms. The van der Waals surface area contributed by atoms with Crippen LogP contribution in [0, 0.1) is 0 Å². The summed E-state index contributed by atoms with van der Waals surface area (Å²) < 4.78 is 7.23. The molecule has 3 heterocycles. The van der Waals surface area contributed by atoms with Crippen LogP contribution in [0.2, 0.25) is 0 Å². The zero-order valence-corrected chi connectivity index (χ0v) is 17.6. The highest BCUT2D eigenvalue weighted by molar-refractivity contribution is 7.99. The van der Waals surface area contributed by atoms with Crippen molar-refractivity contribution < 1.29 is 19.1 Å². The van der Waals surface area contributed by atoms with Crippen LogP contribution >= 0.6 is 11.8 Å². The number of para-hydroxylation sites is 1. The van der Waals surface area contributed by atoms with Crippen LogP contribution in [0.4, 0.5) is 0 Å². The van der Waals surface area contributed by atoms with E-state index in [0.717, 1.165) is 16.5 Å². The molecule has 0 saturated carbocycles. The molecule has 9 nitrogen and oxygen atoms in total. The van der Waals surface area contributed by atoms with Gasteiger partial charge in [-0.3, -0.25) is 9.36 Å². The SMILES string of the molecule is CCn1c(SCC(=O)N[C@@H](Cc2c[nH]c3ccccc23)C(=O)O)nnc1-c1ccco1. The fourth-order valence-corrected chi connectivity index (χ4v) is 4.17. The van der Waals surface area contributed by atoms with Crippen molar-refractivity contribution in [1.29, 1.82) is 0 Å². The Labute approximate surface area is 181 Å². The summed E-state index contributed by atoms with van der Waals surface area (Å²) in [5.41, 5.74) is 1.76. The highest BCUT2D eigenvalue weighted by Crippen LogP contribution is 2.24. The average molecular weight is 439 g/mol. The maximum Gasteiger partial charge on any atom is 0.326 e. The van der Waals surface area contributed by atoms with Gasteiger partial charge in [0.15, 0.2) is 16.7 Å². The van der Waals surface area contributed by atoms with Crippen molar-refractivity contribution in [2.75, 3.05) is 5.75 Å². The van der Waals surface area contributed by atoms with Crippen molar-refractivity contribution in [2.24, 2.45) is 0 Å². The van der Waals surface area contributed by atoms with Gasteiger partial charge in [-0.15, -0.1) is 10.2 Å². The second-order valence-electron chi connectivity index (χ2n) is 6.84. The minimum atomic E-state index is -1.08. The summed E-state index contributed by atoms with van der Waals surface area (Å²) in [5.74, 6) is -0.273. The molecule has 160 valence electrons. The van der Waals surface area contributed by atoms with E-state index < -0.39 is 12.0 Å². The number of carbonyl (C=O) groups is 2. The summed E-state index contributed by atoms with van der Waals surface area (Å²) in [7, 11) is 0. The molecule has 1 atom stereocenters. The fourth-order valence-electron chi connectivity index (χ4n) is 3.36. The Kier molecular flexibility index (Phi) is 6.08. The molecule has 0 bridgehead atoms. The first-order chi connectivity index (χ1) is 15.1. The average Bonchev–Trinajstić information content (AvgIpc) is 3.51. The summed E-state index contributed by atoms with van der Waals surface area (Å²) in [6, 6.07) is 10.2. The number of nitrogens with one attached hydrogen (secondary N) is 2. The van der Waals surface area contributed by atoms with E-state index in [1.165, 1.54) is 11.8 Å². The first-order valence-corrected chi connectivity index (χ1v) is 10.7. The third-order valence-electron chi connectivity index (χ3n) is 4.84. The summed E-state index contributed by atoms with van der Waals surface area (Å²) in [6.07, 6.45) is 3.52. The van der Waals surface area contributed by atoms with Gasteiger partial charge in [0.2, 0.25) is 5.91 Å². The normalized spacial score (nSPS) is 12.2. The van der Waals surface area contributed by atoms with Gasteiger partial charge in [-0.1, -0.05) is 30.0 Å². The van der Waals surface area contributed by atoms with Crippen LogP contribution in [0.5, 0.6) is 0 Å². The molecule has 4 rings (SSSR count). The minimum absolute atomic E-state index is 0.0218. The van der Waals surface area contributed by atoms with Gasteiger partial charge in [0, 0.05) is 30.1 Å². The van der Waals surface area contributed by atoms with E-state index in [9.17, 15) is 14.7 Å². The quantitative estimate of drug-likeness (QED) is 0.342. The van der Waals surface area contributed by atoms with Gasteiger partial charge in [0.05, 0.1) is 12.0 Å². The van der Waals surface area contributed by atoms with Crippen molar-refractivity contribution >= 4 is 34.5 Å². The summed E-state index contributed by atoms with van der Waals surface area (Å²) in [6.45, 7) is 2.55. The number of amides is 1. The second kappa shape index (κ2) is 9.09. The second-order valence-corrected chi connectivity index (χ2v) is 7.78. The van der Waals surface area contributed by atoms with E-state index >= 15 is 0 Å². The maximum absolute atomic E-state index is 12.5. The van der Waals surface area contributed by atoms with Crippen LogP contribution in [0.25, 0.3) is 22.5 Å². The number of carbonyl (C=O) groups excluding carboxylic acids is 1. The number of carboxylic acid groups (broad SMARTS) is 1. The minimum Gasteiger partial charge on any atom is -0.480 e. The number of hydrogen-bond donors (Lipinski definition) is 3. The molecule has 1 amide bonds. The largest absolute Gasteiger partial charge is 0.480 e. The van der Waals surface area contributed by atoms with Gasteiger partial charge in [0.1, 0.15) is 6.04 Å². The zero-order valence-electron chi connectivity index (χ0n) is 16.7. The molecule has 0 saturated heterocycles. The molecule has 0 aliphatic rings. The summed E-state index contributed by atoms with van der Waals surface area (Å²) >= 11 is 1.20. The number of thioether (sulfide) groups is 1. The van der Waals surface area contributed by atoms with Crippen LogP contribution in [-0.2, 0) is 22.6 Å². The first-order valence-electron chi connectivity index (χ1n) is 9.73. The number of nitrogens with zero attached hydrogens (tertiary/aromatic N) is 3. The van der Waals surface area contributed by atoms with Crippen molar-refractivity contribution in [3.05, 3.63) is 54.4 Å². The molecular formula is C21H21N5O4S. The van der Waals surface area contributed by atoms with E-state index in [-0.39, 0.29) is 18.1 Å². The molecule has 10 heteroatoms. The molecular weight excluding hydrogens is 418 g/mol. The lowest BCUT2D eigenvalue weighted by Crippen LogP contribution is -2.43. The molecule has 31 heavy (non-hydrogen) atoms. The Morgan fingerprint density at radius 1 is 1.26 bits per heavy atom. The van der Waals surface area contributed by atoms with Crippen molar-refractivity contribution in [1.82, 2.24) is 25.1 Å². The standard InChI is InChI=1S/C21H21N5O4S/c1-2-26-19(17-8-5-9-30-17)24-25-21(26)31-12-18(27)23-16(20(28)29)10-13-11-22-15-7-4-3-6-14(13)15/h3-9,11,16,22H,2,10,12H2,1H3,(H,23,27)(H,28,29)/t16-/m0/s1. The number of benzene rings is 1. The van der Waals surface area contributed by atoms with Crippen LogP contribution in [0.15, 0.2) is 58.4 Å². The van der Waals surface area contributed by atoms with Crippen LogP contribution in [0.1, 0.15) is 12.5 Å². The lowest BCUT2D eigenvalue weighted by molar-refractivity contribution is -0.141. The number of fused-ring (bicyclic) bond motifs is 1. The number of H-pyrrole nitrogens is 1. The van der Waals surface area contributed by atoms with Gasteiger partial charge in [-0.25, -0.2) is 4.79 Å². The molecule has 0 unspecified atom stereocenters. The predicted octanol–water partition coefficient (Wildman–Crippen LogP) is 2.94. The number of aromatic nitrogens is 4. The number of aliphatic carboxylic acids is 1. The third-order valence-corrected chi connectivity index (χ3v) is 5.81. The van der Waals surface area contributed by atoms with E-state index in [4.69, 9.17) is 4.42 Å². The number of rotatable bonds is 9.